The summed E-state index contributed by atoms with van der Waals surface area (Å²) in [5.41, 5.74) is 10.8. The van der Waals surface area contributed by atoms with Crippen molar-refractivity contribution in [1.82, 2.24) is 13.7 Å². The summed E-state index contributed by atoms with van der Waals surface area (Å²) in [7, 11) is 0. The molecule has 3 heterocycles. The summed E-state index contributed by atoms with van der Waals surface area (Å²) in [5, 5.41) is 17.0. The van der Waals surface area contributed by atoms with E-state index in [0.29, 0.717) is 5.56 Å². The molecule has 0 aliphatic rings. The number of fused-ring (bicyclic) bond motifs is 10. The van der Waals surface area contributed by atoms with Gasteiger partial charge in [-0.3, -0.25) is 0 Å². The quantitative estimate of drug-likeness (QED) is 0.199. The Hall–Kier alpha value is -6.57. The van der Waals surface area contributed by atoms with E-state index < -0.39 is 0 Å². The van der Waals surface area contributed by atoms with Crippen molar-refractivity contribution in [3.8, 4) is 23.1 Å². The molecule has 4 nitrogen and oxygen atoms in total. The van der Waals surface area contributed by atoms with Gasteiger partial charge >= 0.3 is 0 Å². The molecule has 0 spiro atoms. The van der Waals surface area contributed by atoms with E-state index in [2.05, 4.69) is 159 Å². The SMILES string of the molecule is N#Cc1ccc2c3ccc4c(c5ccccc5n4-c4ccc5c6ccccc6n(-c6ccccc6)c5c4)c3n(-c3ccccc3)c2c1. The molecule has 0 unspecified atom stereocenters. The summed E-state index contributed by atoms with van der Waals surface area (Å²) in [5.74, 6) is 0. The van der Waals surface area contributed by atoms with Crippen molar-refractivity contribution < 1.29 is 0 Å². The third-order valence-corrected chi connectivity index (χ3v) is 9.64. The van der Waals surface area contributed by atoms with Gasteiger partial charge in [-0.2, -0.15) is 5.26 Å². The molecule has 0 amide bonds. The van der Waals surface area contributed by atoms with Crippen LogP contribution in [0.25, 0.3) is 82.5 Å². The lowest BCUT2D eigenvalue weighted by Crippen LogP contribution is -1.97. The smallest absolute Gasteiger partial charge is 0.0992 e. The molecule has 0 aliphatic heterocycles. The highest BCUT2D eigenvalue weighted by atomic mass is 15.0. The van der Waals surface area contributed by atoms with Crippen LogP contribution in [0.4, 0.5) is 0 Å². The molecule has 0 fully saturated rings. The van der Waals surface area contributed by atoms with Crippen LogP contribution in [0.15, 0.2) is 158 Å². The number of para-hydroxylation sites is 4. The summed E-state index contributed by atoms with van der Waals surface area (Å²) < 4.78 is 7.12. The molecule has 0 saturated heterocycles. The number of aromatic nitrogens is 3. The van der Waals surface area contributed by atoms with E-state index in [4.69, 9.17) is 0 Å². The highest BCUT2D eigenvalue weighted by Gasteiger charge is 2.22. The topological polar surface area (TPSA) is 38.6 Å². The molecular formula is C43H26N4. The first-order valence-corrected chi connectivity index (χ1v) is 15.8. The van der Waals surface area contributed by atoms with Gasteiger partial charge < -0.3 is 13.7 Å². The van der Waals surface area contributed by atoms with Gasteiger partial charge in [-0.25, -0.2) is 0 Å². The van der Waals surface area contributed by atoms with Crippen molar-refractivity contribution in [1.29, 1.82) is 5.26 Å². The molecule has 0 radical (unpaired) electrons. The molecule has 0 N–H and O–H groups in total. The molecule has 4 heteroatoms. The van der Waals surface area contributed by atoms with Crippen LogP contribution < -0.4 is 0 Å². The second kappa shape index (κ2) is 9.71. The van der Waals surface area contributed by atoms with Gasteiger partial charge in [-0.15, -0.1) is 0 Å². The molecule has 0 bridgehead atoms. The van der Waals surface area contributed by atoms with Crippen LogP contribution in [0.1, 0.15) is 5.56 Å². The van der Waals surface area contributed by atoms with E-state index in [1.165, 1.54) is 38.0 Å². The fourth-order valence-corrected chi connectivity index (χ4v) is 7.70. The lowest BCUT2D eigenvalue weighted by molar-refractivity contribution is 1.15. The zero-order valence-electron chi connectivity index (χ0n) is 25.3. The Morgan fingerprint density at radius 1 is 0.362 bits per heavy atom. The van der Waals surface area contributed by atoms with Gasteiger partial charge in [0.05, 0.1) is 44.7 Å². The molecule has 7 aromatic carbocycles. The predicted molar refractivity (Wildman–Crippen MR) is 194 cm³/mol. The van der Waals surface area contributed by atoms with Crippen molar-refractivity contribution in [2.24, 2.45) is 0 Å². The summed E-state index contributed by atoms with van der Waals surface area (Å²) in [4.78, 5) is 0. The lowest BCUT2D eigenvalue weighted by Gasteiger charge is -2.12. The maximum absolute atomic E-state index is 9.83. The highest BCUT2D eigenvalue weighted by molar-refractivity contribution is 6.26. The first-order chi connectivity index (χ1) is 23.3. The fourth-order valence-electron chi connectivity index (χ4n) is 7.70. The predicted octanol–water partition coefficient (Wildman–Crippen LogP) is 10.8. The minimum Gasteiger partial charge on any atom is -0.309 e. The number of benzene rings is 7. The standard InChI is InChI=1S/C43H26N4/c44-27-28-19-21-34-35-23-24-39-42(43(35)47(40(34)25-28)30-13-5-2-6-14-30)36-16-8-10-18-38(36)46(39)31-20-22-33-32-15-7-9-17-37(32)45(41(33)26-31)29-11-3-1-4-12-29/h1-26H. The third kappa shape index (κ3) is 3.57. The van der Waals surface area contributed by atoms with Crippen LogP contribution >= 0.6 is 0 Å². The largest absolute Gasteiger partial charge is 0.309 e. The number of rotatable bonds is 3. The Morgan fingerprint density at radius 2 is 0.894 bits per heavy atom. The van der Waals surface area contributed by atoms with Gasteiger partial charge in [0, 0.05) is 49.4 Å². The molecule has 3 aromatic heterocycles. The van der Waals surface area contributed by atoms with Crippen LogP contribution in [0.2, 0.25) is 0 Å². The van der Waals surface area contributed by atoms with Crippen LogP contribution in [0, 0.1) is 11.3 Å². The van der Waals surface area contributed by atoms with Gasteiger partial charge in [0.2, 0.25) is 0 Å². The molecule has 10 rings (SSSR count). The monoisotopic (exact) mass is 598 g/mol. The minimum atomic E-state index is 0.651. The lowest BCUT2D eigenvalue weighted by atomic mass is 10.1. The van der Waals surface area contributed by atoms with E-state index in [1.807, 2.05) is 18.2 Å². The fraction of sp³-hybridized carbons (Fsp3) is 0. The molecular weight excluding hydrogens is 573 g/mol. The van der Waals surface area contributed by atoms with E-state index in [1.54, 1.807) is 0 Å². The van der Waals surface area contributed by atoms with Gasteiger partial charge in [0.15, 0.2) is 0 Å². The average molecular weight is 599 g/mol. The summed E-state index contributed by atoms with van der Waals surface area (Å²) in [6.07, 6.45) is 0. The van der Waals surface area contributed by atoms with Crippen LogP contribution in [-0.2, 0) is 0 Å². The molecule has 218 valence electrons. The summed E-state index contributed by atoms with van der Waals surface area (Å²) >= 11 is 0. The Balaban J connectivity index is 1.35. The molecule has 0 aliphatic carbocycles. The van der Waals surface area contributed by atoms with Gasteiger partial charge in [-0.1, -0.05) is 91.0 Å². The highest BCUT2D eigenvalue weighted by Crippen LogP contribution is 2.43. The first kappa shape index (κ1) is 25.7. The number of nitriles is 1. The minimum absolute atomic E-state index is 0.651. The Morgan fingerprint density at radius 3 is 1.64 bits per heavy atom. The van der Waals surface area contributed by atoms with Crippen LogP contribution in [-0.4, -0.2) is 13.7 Å². The second-order valence-corrected chi connectivity index (χ2v) is 12.1. The van der Waals surface area contributed by atoms with Gasteiger partial charge in [0.25, 0.3) is 0 Å². The van der Waals surface area contributed by atoms with Crippen molar-refractivity contribution in [3.05, 3.63) is 163 Å². The number of nitrogens with zero attached hydrogens (tertiary/aromatic N) is 4. The second-order valence-electron chi connectivity index (χ2n) is 12.1. The Bertz CT molecular complexity index is 2900. The average Bonchev–Trinajstić information content (AvgIpc) is 3.77. The zero-order chi connectivity index (χ0) is 31.1. The normalized spacial score (nSPS) is 11.8. The Kier molecular flexibility index (Phi) is 5.32. The van der Waals surface area contributed by atoms with Crippen LogP contribution in [0.3, 0.4) is 0 Å². The van der Waals surface area contributed by atoms with Crippen molar-refractivity contribution in [2.75, 3.05) is 0 Å². The molecule has 47 heavy (non-hydrogen) atoms. The maximum atomic E-state index is 9.83. The maximum Gasteiger partial charge on any atom is 0.0992 e. The van der Waals surface area contributed by atoms with Crippen molar-refractivity contribution >= 4 is 65.4 Å². The Labute approximate surface area is 270 Å². The van der Waals surface area contributed by atoms with E-state index in [9.17, 15) is 5.26 Å². The molecule has 0 atom stereocenters. The first-order valence-electron chi connectivity index (χ1n) is 15.8. The van der Waals surface area contributed by atoms with Crippen LogP contribution in [0.5, 0.6) is 0 Å². The molecule has 0 saturated carbocycles. The van der Waals surface area contributed by atoms with E-state index in [0.717, 1.165) is 44.5 Å². The zero-order valence-corrected chi connectivity index (χ0v) is 25.3. The van der Waals surface area contributed by atoms with E-state index in [-0.39, 0.29) is 0 Å². The summed E-state index contributed by atoms with van der Waals surface area (Å²) in [6, 6.07) is 58.3. The number of hydrogen-bond donors (Lipinski definition) is 0. The number of hydrogen-bond acceptors (Lipinski definition) is 1. The van der Waals surface area contributed by atoms with Gasteiger partial charge in [0.1, 0.15) is 0 Å². The van der Waals surface area contributed by atoms with Gasteiger partial charge in [-0.05, 0) is 66.7 Å². The third-order valence-electron chi connectivity index (χ3n) is 9.64. The van der Waals surface area contributed by atoms with Crippen molar-refractivity contribution in [2.45, 2.75) is 0 Å². The van der Waals surface area contributed by atoms with E-state index >= 15 is 0 Å². The van der Waals surface area contributed by atoms with Crippen molar-refractivity contribution in [3.63, 3.8) is 0 Å². The summed E-state index contributed by atoms with van der Waals surface area (Å²) in [6.45, 7) is 0. The molecule has 10 aromatic rings.